The summed E-state index contributed by atoms with van der Waals surface area (Å²) in [7, 11) is 0. The first-order chi connectivity index (χ1) is 10.0. The normalized spacial score (nSPS) is 17.9. The lowest BCUT2D eigenvalue weighted by molar-refractivity contribution is 0.328. The number of rotatable bonds is 6. The minimum Gasteiger partial charge on any atom is -0.492 e. The Morgan fingerprint density at radius 1 is 1.24 bits per heavy atom. The van der Waals surface area contributed by atoms with Gasteiger partial charge in [0.25, 0.3) is 0 Å². The quantitative estimate of drug-likeness (QED) is 0.783. The summed E-state index contributed by atoms with van der Waals surface area (Å²) in [4.78, 5) is 0. The van der Waals surface area contributed by atoms with Gasteiger partial charge in [0.1, 0.15) is 12.4 Å². The first-order valence-corrected chi connectivity index (χ1v) is 8.14. The van der Waals surface area contributed by atoms with Crippen molar-refractivity contribution in [1.82, 2.24) is 0 Å². The average molecular weight is 287 g/mol. The smallest absolute Gasteiger partial charge is 0.119 e. The lowest BCUT2D eigenvalue weighted by Gasteiger charge is -2.34. The zero-order valence-electron chi connectivity index (χ0n) is 13.7. The van der Waals surface area contributed by atoms with Crippen molar-refractivity contribution in [1.29, 1.82) is 0 Å². The highest BCUT2D eigenvalue weighted by Gasteiger charge is 2.27. The van der Waals surface area contributed by atoms with Gasteiger partial charge >= 0.3 is 0 Å². The molecule has 0 unspecified atom stereocenters. The molecule has 1 aliphatic rings. The van der Waals surface area contributed by atoms with Gasteiger partial charge in [-0.25, -0.2) is 0 Å². The van der Waals surface area contributed by atoms with Crippen LogP contribution in [0.2, 0.25) is 0 Å². The summed E-state index contributed by atoms with van der Waals surface area (Å²) in [5, 5.41) is 0. The van der Waals surface area contributed by atoms with Gasteiger partial charge in [-0.15, -0.1) is 0 Å². The highest BCUT2D eigenvalue weighted by molar-refractivity contribution is 5.30. The minimum atomic E-state index is 0.371. The summed E-state index contributed by atoms with van der Waals surface area (Å²) in [5.41, 5.74) is 10.5. The van der Waals surface area contributed by atoms with Gasteiger partial charge in [0.2, 0.25) is 0 Å². The predicted octanol–water partition coefficient (Wildman–Crippen LogP) is 4.48. The average Bonchev–Trinajstić information content (AvgIpc) is 2.44. The van der Waals surface area contributed by atoms with Gasteiger partial charge < -0.3 is 10.5 Å². The molecule has 0 spiro atoms. The van der Waals surface area contributed by atoms with E-state index in [-0.39, 0.29) is 0 Å². The molecule has 2 rings (SSSR count). The number of hydrogen-bond acceptors (Lipinski definition) is 2. The maximum absolute atomic E-state index is 5.61. The first-order valence-electron chi connectivity index (χ1n) is 8.14. The Labute approximate surface area is 129 Å². The zero-order chi connectivity index (χ0) is 15.3. The van der Waals surface area contributed by atoms with Crippen LogP contribution in [0.3, 0.4) is 0 Å². The maximum Gasteiger partial charge on any atom is 0.119 e. The fourth-order valence-electron chi connectivity index (χ4n) is 3.46. The Balaban J connectivity index is 2.02. The SMILES string of the molecule is CC1=C(CCc2cccc(OCCN)c2)C(C)(C)CCC1. The van der Waals surface area contributed by atoms with E-state index in [1.807, 2.05) is 6.07 Å². The minimum absolute atomic E-state index is 0.371. The van der Waals surface area contributed by atoms with Crippen molar-refractivity contribution in [3.05, 3.63) is 41.0 Å². The third kappa shape index (κ3) is 4.34. The van der Waals surface area contributed by atoms with Crippen molar-refractivity contribution in [2.75, 3.05) is 13.2 Å². The van der Waals surface area contributed by atoms with E-state index in [0.717, 1.165) is 12.2 Å². The van der Waals surface area contributed by atoms with E-state index in [4.69, 9.17) is 10.5 Å². The molecular weight excluding hydrogens is 258 g/mol. The van der Waals surface area contributed by atoms with Crippen LogP contribution in [-0.4, -0.2) is 13.2 Å². The number of nitrogens with two attached hydrogens (primary N) is 1. The first kappa shape index (κ1) is 16.1. The van der Waals surface area contributed by atoms with Crippen molar-refractivity contribution in [3.8, 4) is 5.75 Å². The van der Waals surface area contributed by atoms with Crippen LogP contribution in [0.25, 0.3) is 0 Å². The van der Waals surface area contributed by atoms with Crippen molar-refractivity contribution in [2.24, 2.45) is 11.1 Å². The van der Waals surface area contributed by atoms with Crippen LogP contribution in [0.15, 0.2) is 35.4 Å². The Bertz CT molecular complexity index is 502. The van der Waals surface area contributed by atoms with E-state index < -0.39 is 0 Å². The monoisotopic (exact) mass is 287 g/mol. The molecule has 0 amide bonds. The molecule has 0 atom stereocenters. The Morgan fingerprint density at radius 2 is 2.05 bits per heavy atom. The van der Waals surface area contributed by atoms with Gasteiger partial charge in [-0.3, -0.25) is 0 Å². The molecule has 21 heavy (non-hydrogen) atoms. The van der Waals surface area contributed by atoms with Gasteiger partial charge in [-0.2, -0.15) is 0 Å². The Kier molecular flexibility index (Phi) is 5.46. The molecule has 0 aromatic heterocycles. The summed E-state index contributed by atoms with van der Waals surface area (Å²) in [6, 6.07) is 8.44. The lowest BCUT2D eigenvalue weighted by atomic mass is 9.71. The van der Waals surface area contributed by atoms with E-state index >= 15 is 0 Å². The number of ether oxygens (including phenoxy) is 1. The van der Waals surface area contributed by atoms with Gasteiger partial charge in [-0.1, -0.05) is 37.1 Å². The molecule has 1 aliphatic carbocycles. The number of hydrogen-bond donors (Lipinski definition) is 1. The Morgan fingerprint density at radius 3 is 2.76 bits per heavy atom. The highest BCUT2D eigenvalue weighted by Crippen LogP contribution is 2.42. The van der Waals surface area contributed by atoms with E-state index in [1.54, 1.807) is 11.1 Å². The predicted molar refractivity (Wildman–Crippen MR) is 89.6 cm³/mol. The van der Waals surface area contributed by atoms with Crippen LogP contribution in [0.5, 0.6) is 5.75 Å². The second kappa shape index (κ2) is 7.13. The Hall–Kier alpha value is -1.28. The fourth-order valence-corrected chi connectivity index (χ4v) is 3.46. The van der Waals surface area contributed by atoms with Crippen molar-refractivity contribution in [3.63, 3.8) is 0 Å². The summed E-state index contributed by atoms with van der Waals surface area (Å²) in [6.07, 6.45) is 6.19. The molecule has 1 aromatic carbocycles. The third-order valence-electron chi connectivity index (χ3n) is 4.63. The highest BCUT2D eigenvalue weighted by atomic mass is 16.5. The van der Waals surface area contributed by atoms with Crippen LogP contribution in [-0.2, 0) is 6.42 Å². The molecule has 0 heterocycles. The summed E-state index contributed by atoms with van der Waals surface area (Å²) in [5.74, 6) is 0.937. The van der Waals surface area contributed by atoms with Crippen molar-refractivity contribution < 1.29 is 4.74 Å². The van der Waals surface area contributed by atoms with Crippen LogP contribution < -0.4 is 10.5 Å². The zero-order valence-corrected chi connectivity index (χ0v) is 13.7. The summed E-state index contributed by atoms with van der Waals surface area (Å²) < 4.78 is 5.61. The maximum atomic E-state index is 5.61. The molecule has 0 saturated heterocycles. The molecule has 0 saturated carbocycles. The second-order valence-electron chi connectivity index (χ2n) is 6.78. The molecular formula is C19H29NO. The molecule has 0 fully saturated rings. The topological polar surface area (TPSA) is 35.2 Å². The number of benzene rings is 1. The van der Waals surface area contributed by atoms with Gasteiger partial charge in [0, 0.05) is 6.54 Å². The molecule has 116 valence electrons. The molecule has 1 aromatic rings. The van der Waals surface area contributed by atoms with Crippen LogP contribution in [0, 0.1) is 5.41 Å². The van der Waals surface area contributed by atoms with Gasteiger partial charge in [0.05, 0.1) is 0 Å². The largest absolute Gasteiger partial charge is 0.492 e. The van der Waals surface area contributed by atoms with E-state index in [0.29, 0.717) is 18.6 Å². The third-order valence-corrected chi connectivity index (χ3v) is 4.63. The molecule has 0 aliphatic heterocycles. The molecule has 2 heteroatoms. The number of allylic oxidation sites excluding steroid dienone is 2. The van der Waals surface area contributed by atoms with E-state index in [1.165, 1.54) is 31.2 Å². The summed E-state index contributed by atoms with van der Waals surface area (Å²) >= 11 is 0. The molecule has 2 nitrogen and oxygen atoms in total. The molecule has 0 bridgehead atoms. The fraction of sp³-hybridized carbons (Fsp3) is 0.579. The van der Waals surface area contributed by atoms with Gasteiger partial charge in [-0.05, 0) is 62.1 Å². The molecule has 2 N–H and O–H groups in total. The van der Waals surface area contributed by atoms with Crippen LogP contribution in [0.4, 0.5) is 0 Å². The summed E-state index contributed by atoms with van der Waals surface area (Å²) in [6.45, 7) is 8.25. The lowest BCUT2D eigenvalue weighted by Crippen LogP contribution is -2.20. The molecule has 0 radical (unpaired) electrons. The number of aryl methyl sites for hydroxylation is 1. The standard InChI is InChI=1S/C19H29NO/c1-15-6-5-11-19(2,3)18(15)10-9-16-7-4-8-17(14-16)21-13-12-20/h4,7-8,14H,5-6,9-13,20H2,1-3H3. The van der Waals surface area contributed by atoms with E-state index in [2.05, 4.69) is 39.0 Å². The van der Waals surface area contributed by atoms with Crippen molar-refractivity contribution in [2.45, 2.75) is 52.9 Å². The van der Waals surface area contributed by atoms with Crippen molar-refractivity contribution >= 4 is 0 Å². The van der Waals surface area contributed by atoms with E-state index in [9.17, 15) is 0 Å². The second-order valence-corrected chi connectivity index (χ2v) is 6.78. The van der Waals surface area contributed by atoms with Crippen LogP contribution >= 0.6 is 0 Å². The van der Waals surface area contributed by atoms with Crippen LogP contribution in [0.1, 0.15) is 52.0 Å². The van der Waals surface area contributed by atoms with Gasteiger partial charge in [0.15, 0.2) is 0 Å².